The summed E-state index contributed by atoms with van der Waals surface area (Å²) in [5.41, 5.74) is 0. The summed E-state index contributed by atoms with van der Waals surface area (Å²) in [6.07, 6.45) is 3.36. The Hall–Kier alpha value is -0.0800. The predicted octanol–water partition coefficient (Wildman–Crippen LogP) is 1.04. The topological polar surface area (TPSA) is 15.3 Å². The smallest absolute Gasteiger partial charge is 0.0567 e. The van der Waals surface area contributed by atoms with E-state index in [1.807, 2.05) is 0 Å². The molecule has 1 fully saturated rings. The highest BCUT2D eigenvalue weighted by molar-refractivity contribution is 4.70. The van der Waals surface area contributed by atoms with E-state index in [9.17, 15) is 0 Å². The van der Waals surface area contributed by atoms with Gasteiger partial charge in [-0.05, 0) is 39.4 Å². The summed E-state index contributed by atoms with van der Waals surface area (Å²) in [6, 6.07) is 0. The number of nitrogens with zero attached hydrogens (tertiary/aromatic N) is 1. The van der Waals surface area contributed by atoms with E-state index in [1.54, 1.807) is 0 Å². The molecule has 1 heterocycles. The molecule has 1 rings (SSSR count). The van der Waals surface area contributed by atoms with Crippen molar-refractivity contribution in [2.45, 2.75) is 32.9 Å². The Kier molecular flexibility index (Phi) is 3.16. The minimum atomic E-state index is 0.590. The van der Waals surface area contributed by atoms with E-state index < -0.39 is 0 Å². The van der Waals surface area contributed by atoms with Crippen molar-refractivity contribution in [3.05, 3.63) is 0 Å². The van der Waals surface area contributed by atoms with Gasteiger partial charge in [-0.1, -0.05) is 6.92 Å². The summed E-state index contributed by atoms with van der Waals surface area (Å²) in [4.78, 5) is 2.50. The van der Waals surface area contributed by atoms with Gasteiger partial charge in [0.25, 0.3) is 0 Å². The third-order valence-corrected chi connectivity index (χ3v) is 2.19. The van der Waals surface area contributed by atoms with Gasteiger partial charge in [0.2, 0.25) is 0 Å². The van der Waals surface area contributed by atoms with Crippen LogP contribution in [0, 0.1) is 0 Å². The van der Waals surface area contributed by atoms with Crippen LogP contribution >= 0.6 is 0 Å². The Labute approximate surface area is 63.6 Å². The first-order valence-corrected chi connectivity index (χ1v) is 4.32. The van der Waals surface area contributed by atoms with Crippen molar-refractivity contribution in [3.8, 4) is 0 Å². The van der Waals surface area contributed by atoms with Crippen LogP contribution in [0.25, 0.3) is 0 Å². The zero-order chi connectivity index (χ0) is 7.40. The largest absolute Gasteiger partial charge is 0.302 e. The maximum atomic E-state index is 3.41. The third-order valence-electron chi connectivity index (χ3n) is 2.19. The molecule has 0 spiro atoms. The second-order valence-electron chi connectivity index (χ2n) is 2.98. The van der Waals surface area contributed by atoms with E-state index in [-0.39, 0.29) is 0 Å². The second-order valence-corrected chi connectivity index (χ2v) is 2.98. The zero-order valence-corrected chi connectivity index (χ0v) is 7.06. The highest BCUT2D eigenvalue weighted by Crippen LogP contribution is 2.09. The van der Waals surface area contributed by atoms with Crippen LogP contribution in [0.5, 0.6) is 0 Å². The molecule has 2 heteroatoms. The van der Waals surface area contributed by atoms with Crippen molar-refractivity contribution in [2.24, 2.45) is 0 Å². The zero-order valence-electron chi connectivity index (χ0n) is 7.06. The Bertz CT molecular complexity index is 87.3. The van der Waals surface area contributed by atoms with Gasteiger partial charge >= 0.3 is 0 Å². The van der Waals surface area contributed by atoms with Crippen molar-refractivity contribution in [1.29, 1.82) is 0 Å². The highest BCUT2D eigenvalue weighted by Gasteiger charge is 2.15. The van der Waals surface area contributed by atoms with Crippen LogP contribution in [0.15, 0.2) is 0 Å². The molecule has 1 aliphatic heterocycles. The summed E-state index contributed by atoms with van der Waals surface area (Å²) in [5.74, 6) is 0. The molecule has 0 aliphatic carbocycles. The van der Waals surface area contributed by atoms with Gasteiger partial charge in [-0.15, -0.1) is 0 Å². The second kappa shape index (κ2) is 3.94. The maximum absolute atomic E-state index is 3.41. The van der Waals surface area contributed by atoms with Crippen molar-refractivity contribution in [3.63, 3.8) is 0 Å². The number of likely N-dealkylation sites (tertiary alicyclic amines) is 1. The minimum absolute atomic E-state index is 0.590. The SMILES string of the molecule is CCNC(C)N1CCCC1. The Balaban J connectivity index is 2.18. The molecule has 0 radical (unpaired) electrons. The average Bonchev–Trinajstić information content (AvgIpc) is 2.38. The molecular weight excluding hydrogens is 124 g/mol. The molecule has 2 nitrogen and oxygen atoms in total. The number of hydrogen-bond donors (Lipinski definition) is 1. The van der Waals surface area contributed by atoms with Gasteiger partial charge in [0.1, 0.15) is 0 Å². The summed E-state index contributed by atoms with van der Waals surface area (Å²) < 4.78 is 0. The van der Waals surface area contributed by atoms with Gasteiger partial charge in [0, 0.05) is 0 Å². The highest BCUT2D eigenvalue weighted by atomic mass is 15.3. The normalized spacial score (nSPS) is 23.4. The van der Waals surface area contributed by atoms with E-state index in [0.29, 0.717) is 6.17 Å². The van der Waals surface area contributed by atoms with Crippen LogP contribution < -0.4 is 5.32 Å². The molecule has 1 N–H and O–H groups in total. The van der Waals surface area contributed by atoms with Crippen LogP contribution in [0.3, 0.4) is 0 Å². The van der Waals surface area contributed by atoms with Crippen LogP contribution in [-0.4, -0.2) is 30.7 Å². The molecular formula is C8H18N2. The Morgan fingerprint density at radius 2 is 2.00 bits per heavy atom. The first-order valence-electron chi connectivity index (χ1n) is 4.32. The lowest BCUT2D eigenvalue weighted by Gasteiger charge is -2.23. The van der Waals surface area contributed by atoms with Crippen LogP contribution in [0.2, 0.25) is 0 Å². The molecule has 1 saturated heterocycles. The van der Waals surface area contributed by atoms with Gasteiger partial charge in [-0.2, -0.15) is 0 Å². The first kappa shape index (κ1) is 8.02. The molecule has 1 atom stereocenters. The summed E-state index contributed by atoms with van der Waals surface area (Å²) in [6.45, 7) is 8.06. The van der Waals surface area contributed by atoms with E-state index in [4.69, 9.17) is 0 Å². The molecule has 0 bridgehead atoms. The lowest BCUT2D eigenvalue weighted by atomic mass is 10.4. The quantitative estimate of drug-likeness (QED) is 0.633. The summed E-state index contributed by atoms with van der Waals surface area (Å²) in [5, 5.41) is 3.41. The first-order chi connectivity index (χ1) is 4.84. The van der Waals surface area contributed by atoms with Crippen molar-refractivity contribution in [2.75, 3.05) is 19.6 Å². The molecule has 0 aromatic rings. The monoisotopic (exact) mass is 142 g/mol. The predicted molar refractivity (Wildman–Crippen MR) is 43.9 cm³/mol. The molecule has 0 amide bonds. The minimum Gasteiger partial charge on any atom is -0.302 e. The van der Waals surface area contributed by atoms with Gasteiger partial charge in [0.05, 0.1) is 6.17 Å². The standard InChI is InChI=1S/C8H18N2/c1-3-9-8(2)10-6-4-5-7-10/h8-9H,3-7H2,1-2H3. The third kappa shape index (κ3) is 1.96. The number of hydrogen-bond acceptors (Lipinski definition) is 2. The lowest BCUT2D eigenvalue weighted by Crippen LogP contribution is -2.41. The fourth-order valence-corrected chi connectivity index (χ4v) is 1.55. The molecule has 0 aromatic carbocycles. The van der Waals surface area contributed by atoms with Crippen LogP contribution in [0.4, 0.5) is 0 Å². The van der Waals surface area contributed by atoms with E-state index in [1.165, 1.54) is 25.9 Å². The summed E-state index contributed by atoms with van der Waals surface area (Å²) >= 11 is 0. The molecule has 0 saturated carbocycles. The molecule has 1 aliphatic rings. The van der Waals surface area contributed by atoms with E-state index in [2.05, 4.69) is 24.1 Å². The molecule has 0 aromatic heterocycles. The number of rotatable bonds is 3. The Morgan fingerprint density at radius 3 is 2.50 bits per heavy atom. The average molecular weight is 142 g/mol. The fourth-order valence-electron chi connectivity index (χ4n) is 1.55. The lowest BCUT2D eigenvalue weighted by molar-refractivity contribution is 0.223. The van der Waals surface area contributed by atoms with Gasteiger partial charge < -0.3 is 5.32 Å². The van der Waals surface area contributed by atoms with Gasteiger partial charge in [-0.3, -0.25) is 4.90 Å². The van der Waals surface area contributed by atoms with Gasteiger partial charge in [0.15, 0.2) is 0 Å². The van der Waals surface area contributed by atoms with Crippen molar-refractivity contribution in [1.82, 2.24) is 10.2 Å². The Morgan fingerprint density at radius 1 is 1.40 bits per heavy atom. The molecule has 10 heavy (non-hydrogen) atoms. The summed E-state index contributed by atoms with van der Waals surface area (Å²) in [7, 11) is 0. The van der Waals surface area contributed by atoms with E-state index >= 15 is 0 Å². The molecule has 60 valence electrons. The van der Waals surface area contributed by atoms with Crippen LogP contribution in [-0.2, 0) is 0 Å². The van der Waals surface area contributed by atoms with Crippen molar-refractivity contribution >= 4 is 0 Å². The van der Waals surface area contributed by atoms with Crippen LogP contribution in [0.1, 0.15) is 26.7 Å². The van der Waals surface area contributed by atoms with Crippen molar-refractivity contribution < 1.29 is 0 Å². The molecule has 1 unspecified atom stereocenters. The fraction of sp³-hybridized carbons (Fsp3) is 1.00. The number of nitrogens with one attached hydrogen (secondary N) is 1. The van der Waals surface area contributed by atoms with E-state index in [0.717, 1.165) is 6.54 Å². The van der Waals surface area contributed by atoms with Gasteiger partial charge in [-0.25, -0.2) is 0 Å². The maximum Gasteiger partial charge on any atom is 0.0567 e.